The van der Waals surface area contributed by atoms with Gasteiger partial charge in [0.05, 0.1) is 22.3 Å². The zero-order chi connectivity index (χ0) is 16.4. The Hall–Kier alpha value is -1.69. The van der Waals surface area contributed by atoms with Crippen LogP contribution >= 0.6 is 11.6 Å². The van der Waals surface area contributed by atoms with Crippen LogP contribution in [0.25, 0.3) is 10.9 Å². The van der Waals surface area contributed by atoms with Gasteiger partial charge < -0.3 is 11.1 Å². The number of pyridine rings is 1. The minimum atomic E-state index is -0.186. The molecule has 0 saturated carbocycles. The fourth-order valence-corrected chi connectivity index (χ4v) is 3.35. The van der Waals surface area contributed by atoms with E-state index in [1.165, 1.54) is 0 Å². The lowest BCUT2D eigenvalue weighted by molar-refractivity contribution is -0.125. The number of benzene rings is 1. The first-order valence-electron chi connectivity index (χ1n) is 7.90. The van der Waals surface area contributed by atoms with E-state index in [9.17, 15) is 4.79 Å². The highest BCUT2D eigenvalue weighted by atomic mass is 35.5. The van der Waals surface area contributed by atoms with Crippen LogP contribution in [0.4, 0.5) is 0 Å². The Morgan fingerprint density at radius 2 is 2.26 bits per heavy atom. The topological polar surface area (TPSA) is 71.2 Å². The summed E-state index contributed by atoms with van der Waals surface area (Å²) in [7, 11) is 0. The van der Waals surface area contributed by atoms with Gasteiger partial charge in [-0.1, -0.05) is 29.8 Å². The first-order valence-corrected chi connectivity index (χ1v) is 8.27. The molecule has 0 aliphatic carbocycles. The van der Waals surface area contributed by atoms with Gasteiger partial charge in [0.25, 0.3) is 0 Å². The van der Waals surface area contributed by atoms with Crippen molar-refractivity contribution in [1.29, 1.82) is 0 Å². The van der Waals surface area contributed by atoms with Gasteiger partial charge in [0, 0.05) is 31.1 Å². The SMILES string of the molecule is CCNC(=O)[C@@H]1C[C@@H](N)CN1Cc1ccc2cccc(Cl)c2n1. The predicted octanol–water partition coefficient (Wildman–Crippen LogP) is 1.93. The van der Waals surface area contributed by atoms with E-state index in [1.807, 2.05) is 37.3 Å². The second-order valence-electron chi connectivity index (χ2n) is 5.95. The van der Waals surface area contributed by atoms with Gasteiger partial charge >= 0.3 is 0 Å². The Morgan fingerprint density at radius 1 is 1.43 bits per heavy atom. The number of amides is 1. The summed E-state index contributed by atoms with van der Waals surface area (Å²) in [5.41, 5.74) is 7.75. The van der Waals surface area contributed by atoms with Crippen LogP contribution < -0.4 is 11.1 Å². The van der Waals surface area contributed by atoms with Crippen molar-refractivity contribution in [3.05, 3.63) is 41.0 Å². The van der Waals surface area contributed by atoms with Crippen LogP contribution in [0.5, 0.6) is 0 Å². The molecule has 0 unspecified atom stereocenters. The van der Waals surface area contributed by atoms with Gasteiger partial charge in [-0.2, -0.15) is 0 Å². The van der Waals surface area contributed by atoms with Crippen LogP contribution in [0.1, 0.15) is 19.0 Å². The summed E-state index contributed by atoms with van der Waals surface area (Å²) in [6.07, 6.45) is 0.681. The molecule has 1 aliphatic heterocycles. The molecule has 1 aromatic carbocycles. The van der Waals surface area contributed by atoms with E-state index in [0.29, 0.717) is 31.1 Å². The van der Waals surface area contributed by atoms with Crippen LogP contribution in [-0.2, 0) is 11.3 Å². The third-order valence-electron chi connectivity index (χ3n) is 4.18. The van der Waals surface area contributed by atoms with E-state index in [-0.39, 0.29) is 18.0 Å². The minimum Gasteiger partial charge on any atom is -0.355 e. The molecule has 2 heterocycles. The molecular formula is C17H21ClN4O. The molecule has 1 aliphatic rings. The number of halogens is 1. The molecule has 5 nitrogen and oxygen atoms in total. The normalized spacial score (nSPS) is 21.7. The summed E-state index contributed by atoms with van der Waals surface area (Å²) in [5, 5.41) is 4.54. The number of fused-ring (bicyclic) bond motifs is 1. The molecule has 122 valence electrons. The molecule has 23 heavy (non-hydrogen) atoms. The number of hydrogen-bond acceptors (Lipinski definition) is 4. The van der Waals surface area contributed by atoms with Crippen LogP contribution in [-0.4, -0.2) is 41.0 Å². The van der Waals surface area contributed by atoms with Crippen LogP contribution in [0, 0.1) is 0 Å². The average Bonchev–Trinajstić information content (AvgIpc) is 2.89. The van der Waals surface area contributed by atoms with Gasteiger partial charge in [-0.15, -0.1) is 0 Å². The van der Waals surface area contributed by atoms with E-state index in [0.717, 1.165) is 16.6 Å². The number of rotatable bonds is 4. The van der Waals surface area contributed by atoms with Crippen molar-refractivity contribution < 1.29 is 4.79 Å². The van der Waals surface area contributed by atoms with Gasteiger partial charge in [-0.3, -0.25) is 9.69 Å². The molecule has 2 aromatic rings. The largest absolute Gasteiger partial charge is 0.355 e. The van der Waals surface area contributed by atoms with Gasteiger partial charge in [0.1, 0.15) is 0 Å². The molecular weight excluding hydrogens is 312 g/mol. The quantitative estimate of drug-likeness (QED) is 0.897. The standard InChI is InChI=1S/C17H21ClN4O/c1-2-20-17(23)15-8-12(19)9-22(15)10-13-7-6-11-4-3-5-14(18)16(11)21-13/h3-7,12,15H,2,8-10,19H2,1H3,(H,20,23)/t12-,15+/m1/s1. The Labute approximate surface area is 140 Å². The number of nitrogens with one attached hydrogen (secondary N) is 1. The summed E-state index contributed by atoms with van der Waals surface area (Å²) in [5.74, 6) is 0.0410. The van der Waals surface area contributed by atoms with E-state index in [4.69, 9.17) is 17.3 Å². The van der Waals surface area contributed by atoms with E-state index in [1.54, 1.807) is 0 Å². The van der Waals surface area contributed by atoms with Crippen molar-refractivity contribution in [1.82, 2.24) is 15.2 Å². The second kappa shape index (κ2) is 6.83. The molecule has 1 saturated heterocycles. The molecule has 3 rings (SSSR count). The molecule has 0 spiro atoms. The van der Waals surface area contributed by atoms with Crippen molar-refractivity contribution in [2.75, 3.05) is 13.1 Å². The number of aromatic nitrogens is 1. The maximum atomic E-state index is 12.2. The number of para-hydroxylation sites is 1. The van der Waals surface area contributed by atoms with Crippen LogP contribution in [0.2, 0.25) is 5.02 Å². The summed E-state index contributed by atoms with van der Waals surface area (Å²) in [4.78, 5) is 19.0. The Morgan fingerprint density at radius 3 is 3.04 bits per heavy atom. The Balaban J connectivity index is 1.82. The van der Waals surface area contributed by atoms with E-state index in [2.05, 4.69) is 15.2 Å². The number of likely N-dealkylation sites (tertiary alicyclic amines) is 1. The fraction of sp³-hybridized carbons (Fsp3) is 0.412. The summed E-state index contributed by atoms with van der Waals surface area (Å²) >= 11 is 6.23. The fourth-order valence-electron chi connectivity index (χ4n) is 3.13. The molecule has 0 bridgehead atoms. The van der Waals surface area contributed by atoms with Crippen molar-refractivity contribution in [3.8, 4) is 0 Å². The van der Waals surface area contributed by atoms with Crippen molar-refractivity contribution >= 4 is 28.4 Å². The molecule has 3 N–H and O–H groups in total. The summed E-state index contributed by atoms with van der Waals surface area (Å²) < 4.78 is 0. The second-order valence-corrected chi connectivity index (χ2v) is 6.36. The number of carbonyl (C=O) groups is 1. The first kappa shape index (κ1) is 16.2. The lowest BCUT2D eigenvalue weighted by Crippen LogP contribution is -2.42. The van der Waals surface area contributed by atoms with Gasteiger partial charge in [0.15, 0.2) is 0 Å². The van der Waals surface area contributed by atoms with Crippen molar-refractivity contribution in [3.63, 3.8) is 0 Å². The lowest BCUT2D eigenvalue weighted by Gasteiger charge is -2.23. The van der Waals surface area contributed by atoms with E-state index < -0.39 is 0 Å². The number of hydrogen-bond donors (Lipinski definition) is 2. The molecule has 1 aromatic heterocycles. The monoisotopic (exact) mass is 332 g/mol. The highest BCUT2D eigenvalue weighted by Gasteiger charge is 2.34. The third-order valence-corrected chi connectivity index (χ3v) is 4.49. The minimum absolute atomic E-state index is 0.0200. The van der Waals surface area contributed by atoms with Crippen LogP contribution in [0.3, 0.4) is 0 Å². The molecule has 1 amide bonds. The molecule has 2 atom stereocenters. The van der Waals surface area contributed by atoms with E-state index >= 15 is 0 Å². The average molecular weight is 333 g/mol. The summed E-state index contributed by atoms with van der Waals surface area (Å²) in [6.45, 7) is 3.84. The van der Waals surface area contributed by atoms with Crippen molar-refractivity contribution in [2.24, 2.45) is 5.73 Å². The van der Waals surface area contributed by atoms with Crippen LogP contribution in [0.15, 0.2) is 30.3 Å². The smallest absolute Gasteiger partial charge is 0.237 e. The van der Waals surface area contributed by atoms with Gasteiger partial charge in [-0.05, 0) is 25.5 Å². The Bertz CT molecular complexity index is 721. The highest BCUT2D eigenvalue weighted by Crippen LogP contribution is 2.24. The lowest BCUT2D eigenvalue weighted by atomic mass is 10.1. The van der Waals surface area contributed by atoms with Crippen molar-refractivity contribution in [2.45, 2.75) is 32.0 Å². The zero-order valence-corrected chi connectivity index (χ0v) is 13.9. The van der Waals surface area contributed by atoms with Gasteiger partial charge in [0.2, 0.25) is 5.91 Å². The number of nitrogens with two attached hydrogens (primary N) is 1. The molecule has 0 radical (unpaired) electrons. The molecule has 6 heteroatoms. The highest BCUT2D eigenvalue weighted by molar-refractivity contribution is 6.35. The number of carbonyl (C=O) groups excluding carboxylic acids is 1. The Kier molecular flexibility index (Phi) is 4.80. The van der Waals surface area contributed by atoms with Gasteiger partial charge in [-0.25, -0.2) is 4.98 Å². The maximum absolute atomic E-state index is 12.2. The zero-order valence-electron chi connectivity index (χ0n) is 13.1. The maximum Gasteiger partial charge on any atom is 0.237 e. The number of nitrogens with zero attached hydrogens (tertiary/aromatic N) is 2. The predicted molar refractivity (Wildman–Crippen MR) is 92.2 cm³/mol. The third kappa shape index (κ3) is 3.47. The molecule has 1 fully saturated rings. The summed E-state index contributed by atoms with van der Waals surface area (Å²) in [6, 6.07) is 9.57. The number of likely N-dealkylation sites (N-methyl/N-ethyl adjacent to an activating group) is 1. The first-order chi connectivity index (χ1) is 11.1.